The van der Waals surface area contributed by atoms with Gasteiger partial charge in [-0.1, -0.05) is 6.07 Å². The van der Waals surface area contributed by atoms with Crippen LogP contribution >= 0.6 is 22.6 Å². The van der Waals surface area contributed by atoms with E-state index in [0.29, 0.717) is 6.04 Å². The van der Waals surface area contributed by atoms with Gasteiger partial charge in [-0.2, -0.15) is 0 Å². The van der Waals surface area contributed by atoms with Crippen LogP contribution in [0.4, 0.5) is 0 Å². The average molecular weight is 455 g/mol. The highest BCUT2D eigenvalue weighted by Gasteiger charge is 2.09. The van der Waals surface area contributed by atoms with Gasteiger partial charge in [0.25, 0.3) is 0 Å². The normalized spacial score (nSPS) is 11.9. The molecule has 2 aromatic rings. The van der Waals surface area contributed by atoms with E-state index < -0.39 is 0 Å². The van der Waals surface area contributed by atoms with Crippen molar-refractivity contribution in [2.24, 2.45) is 0 Å². The number of benzene rings is 2. The number of halogens is 1. The van der Waals surface area contributed by atoms with Gasteiger partial charge in [0.2, 0.25) is 0 Å². The van der Waals surface area contributed by atoms with E-state index in [4.69, 9.17) is 14.2 Å². The SMILES string of the molecule is COc1ccc(I)c(C[C@H](C)NCCc2ccc(OC)c(OC)c2)c1. The van der Waals surface area contributed by atoms with Crippen molar-refractivity contribution in [3.05, 3.63) is 51.1 Å². The molecule has 0 radical (unpaired) electrons. The van der Waals surface area contributed by atoms with Crippen molar-refractivity contribution < 1.29 is 14.2 Å². The summed E-state index contributed by atoms with van der Waals surface area (Å²) in [5.74, 6) is 2.45. The molecule has 5 heteroatoms. The monoisotopic (exact) mass is 455 g/mol. The van der Waals surface area contributed by atoms with E-state index in [-0.39, 0.29) is 0 Å². The molecule has 0 aliphatic carbocycles. The summed E-state index contributed by atoms with van der Waals surface area (Å²) in [5, 5.41) is 3.59. The number of rotatable bonds is 9. The zero-order valence-electron chi connectivity index (χ0n) is 15.3. The maximum atomic E-state index is 5.36. The van der Waals surface area contributed by atoms with Crippen molar-refractivity contribution in [1.29, 1.82) is 0 Å². The van der Waals surface area contributed by atoms with Crippen molar-refractivity contribution in [3.8, 4) is 17.2 Å². The van der Waals surface area contributed by atoms with Gasteiger partial charge in [0.1, 0.15) is 5.75 Å². The molecule has 0 saturated carbocycles. The Morgan fingerprint density at radius 1 is 0.960 bits per heavy atom. The lowest BCUT2D eigenvalue weighted by Crippen LogP contribution is -2.30. The van der Waals surface area contributed by atoms with Gasteiger partial charge < -0.3 is 19.5 Å². The molecule has 136 valence electrons. The summed E-state index contributed by atoms with van der Waals surface area (Å²) in [5.41, 5.74) is 2.54. The number of hydrogen-bond acceptors (Lipinski definition) is 4. The number of hydrogen-bond donors (Lipinski definition) is 1. The molecule has 0 aliphatic heterocycles. The summed E-state index contributed by atoms with van der Waals surface area (Å²) >= 11 is 2.38. The van der Waals surface area contributed by atoms with Crippen molar-refractivity contribution in [2.45, 2.75) is 25.8 Å². The molecule has 2 rings (SSSR count). The molecule has 0 aliphatic rings. The third-order valence-corrected chi connectivity index (χ3v) is 5.19. The van der Waals surface area contributed by atoms with Gasteiger partial charge in [0.05, 0.1) is 21.3 Å². The summed E-state index contributed by atoms with van der Waals surface area (Å²) in [4.78, 5) is 0. The van der Waals surface area contributed by atoms with Crippen LogP contribution in [-0.4, -0.2) is 33.9 Å². The number of ether oxygens (including phenoxy) is 3. The van der Waals surface area contributed by atoms with E-state index in [0.717, 1.165) is 36.6 Å². The van der Waals surface area contributed by atoms with Crippen LogP contribution in [0.15, 0.2) is 36.4 Å². The van der Waals surface area contributed by atoms with Gasteiger partial charge in [-0.3, -0.25) is 0 Å². The van der Waals surface area contributed by atoms with Crippen LogP contribution in [0.3, 0.4) is 0 Å². The molecule has 0 amide bonds. The predicted molar refractivity (Wildman–Crippen MR) is 110 cm³/mol. The first-order valence-corrected chi connectivity index (χ1v) is 9.42. The lowest BCUT2D eigenvalue weighted by molar-refractivity contribution is 0.354. The molecule has 0 fully saturated rings. The highest BCUT2D eigenvalue weighted by atomic mass is 127. The van der Waals surface area contributed by atoms with Crippen molar-refractivity contribution in [2.75, 3.05) is 27.9 Å². The molecule has 0 spiro atoms. The van der Waals surface area contributed by atoms with Crippen LogP contribution in [0.1, 0.15) is 18.1 Å². The van der Waals surface area contributed by atoms with Crippen LogP contribution in [0.5, 0.6) is 17.2 Å². The second kappa shape index (κ2) is 9.87. The van der Waals surface area contributed by atoms with E-state index in [9.17, 15) is 0 Å². The minimum absolute atomic E-state index is 0.390. The van der Waals surface area contributed by atoms with E-state index in [2.05, 4.69) is 53.0 Å². The second-order valence-electron chi connectivity index (χ2n) is 5.96. The third-order valence-electron chi connectivity index (χ3n) is 4.13. The highest BCUT2D eigenvalue weighted by Crippen LogP contribution is 2.27. The first kappa shape index (κ1) is 19.8. The summed E-state index contributed by atoms with van der Waals surface area (Å²) in [6.07, 6.45) is 1.92. The molecule has 0 saturated heterocycles. The lowest BCUT2D eigenvalue weighted by Gasteiger charge is -2.16. The Morgan fingerprint density at radius 2 is 1.72 bits per heavy atom. The van der Waals surface area contributed by atoms with Gasteiger partial charge in [0, 0.05) is 9.61 Å². The lowest BCUT2D eigenvalue weighted by atomic mass is 10.1. The summed E-state index contributed by atoms with van der Waals surface area (Å²) in [7, 11) is 5.02. The van der Waals surface area contributed by atoms with Crippen LogP contribution in [0, 0.1) is 3.57 Å². The Bertz CT molecular complexity index is 691. The topological polar surface area (TPSA) is 39.7 Å². The maximum absolute atomic E-state index is 5.36. The molecular formula is C20H26INO3. The summed E-state index contributed by atoms with van der Waals surface area (Å²) < 4.78 is 17.2. The Balaban J connectivity index is 1.87. The molecule has 1 atom stereocenters. The van der Waals surface area contributed by atoms with Gasteiger partial charge in [-0.15, -0.1) is 0 Å². The Labute approximate surface area is 164 Å². The van der Waals surface area contributed by atoms with Crippen molar-refractivity contribution in [1.82, 2.24) is 5.32 Å². The largest absolute Gasteiger partial charge is 0.497 e. The minimum Gasteiger partial charge on any atom is -0.497 e. The average Bonchev–Trinajstić information content (AvgIpc) is 2.63. The van der Waals surface area contributed by atoms with Gasteiger partial charge in [-0.05, 0) is 90.4 Å². The number of methoxy groups -OCH3 is 3. The maximum Gasteiger partial charge on any atom is 0.160 e. The first-order valence-electron chi connectivity index (χ1n) is 8.34. The first-order chi connectivity index (χ1) is 12.1. The second-order valence-corrected chi connectivity index (χ2v) is 7.12. The van der Waals surface area contributed by atoms with Gasteiger partial charge in [0.15, 0.2) is 11.5 Å². The van der Waals surface area contributed by atoms with E-state index in [1.165, 1.54) is 14.7 Å². The molecule has 0 aromatic heterocycles. The summed E-state index contributed by atoms with van der Waals surface area (Å²) in [6.45, 7) is 3.13. The van der Waals surface area contributed by atoms with E-state index in [1.807, 2.05) is 18.2 Å². The molecule has 0 bridgehead atoms. The quantitative estimate of drug-likeness (QED) is 0.579. The molecule has 0 heterocycles. The Morgan fingerprint density at radius 3 is 2.40 bits per heavy atom. The Hall–Kier alpha value is -1.47. The van der Waals surface area contributed by atoms with Crippen LogP contribution in [-0.2, 0) is 12.8 Å². The fraction of sp³-hybridized carbons (Fsp3) is 0.400. The summed E-state index contributed by atoms with van der Waals surface area (Å²) in [6, 6.07) is 12.7. The third kappa shape index (κ3) is 5.78. The minimum atomic E-state index is 0.390. The fourth-order valence-corrected chi connectivity index (χ4v) is 3.29. The predicted octanol–water partition coefficient (Wildman–Crippen LogP) is 4.08. The van der Waals surface area contributed by atoms with Crippen molar-refractivity contribution in [3.63, 3.8) is 0 Å². The van der Waals surface area contributed by atoms with Crippen LogP contribution < -0.4 is 19.5 Å². The number of nitrogens with one attached hydrogen (secondary N) is 1. The van der Waals surface area contributed by atoms with Gasteiger partial charge >= 0.3 is 0 Å². The molecule has 2 aromatic carbocycles. The van der Waals surface area contributed by atoms with Crippen LogP contribution in [0.25, 0.3) is 0 Å². The zero-order valence-corrected chi connectivity index (χ0v) is 17.4. The van der Waals surface area contributed by atoms with E-state index in [1.54, 1.807) is 21.3 Å². The molecular weight excluding hydrogens is 429 g/mol. The van der Waals surface area contributed by atoms with Gasteiger partial charge in [-0.25, -0.2) is 0 Å². The Kier molecular flexibility index (Phi) is 7.84. The zero-order chi connectivity index (χ0) is 18.2. The smallest absolute Gasteiger partial charge is 0.160 e. The molecule has 0 unspecified atom stereocenters. The molecule has 1 N–H and O–H groups in total. The standard InChI is InChI=1S/C20H26INO3/c1-14(11-16-13-17(23-2)6-7-18(16)21)22-10-9-15-5-8-19(24-3)20(12-15)25-4/h5-8,12-14,22H,9-11H2,1-4H3/t14-/m0/s1. The van der Waals surface area contributed by atoms with Crippen molar-refractivity contribution >= 4 is 22.6 Å². The fourth-order valence-electron chi connectivity index (χ4n) is 2.74. The molecule has 25 heavy (non-hydrogen) atoms. The molecule has 4 nitrogen and oxygen atoms in total. The van der Waals surface area contributed by atoms with Crippen LogP contribution in [0.2, 0.25) is 0 Å². The highest BCUT2D eigenvalue weighted by molar-refractivity contribution is 14.1. The van der Waals surface area contributed by atoms with E-state index >= 15 is 0 Å².